The number of halogens is 1. The Labute approximate surface area is 129 Å². The number of carbonyl (C=O) groups excluding carboxylic acids is 2. The van der Waals surface area contributed by atoms with Crippen LogP contribution < -0.4 is 10.1 Å². The van der Waals surface area contributed by atoms with Gasteiger partial charge in [-0.3, -0.25) is 14.6 Å². The fourth-order valence-electron chi connectivity index (χ4n) is 1.72. The molecule has 0 fully saturated rings. The Bertz CT molecular complexity index is 791. The van der Waals surface area contributed by atoms with E-state index < -0.39 is 29.0 Å². The van der Waals surface area contributed by atoms with Crippen LogP contribution in [-0.2, 0) is 4.79 Å². The topological polar surface area (TPSA) is 106 Å². The van der Waals surface area contributed by atoms with Gasteiger partial charge in [-0.2, -0.15) is 0 Å². The van der Waals surface area contributed by atoms with Crippen LogP contribution in [-0.4, -0.2) is 34.8 Å². The van der Waals surface area contributed by atoms with Crippen molar-refractivity contribution in [2.45, 2.75) is 0 Å². The van der Waals surface area contributed by atoms with Crippen molar-refractivity contribution in [1.29, 1.82) is 0 Å². The number of ketones is 1. The van der Waals surface area contributed by atoms with E-state index in [4.69, 9.17) is 9.84 Å². The van der Waals surface area contributed by atoms with Crippen molar-refractivity contribution in [3.05, 3.63) is 53.6 Å². The summed E-state index contributed by atoms with van der Waals surface area (Å²) in [7, 11) is 1.45. The molecule has 2 N–H and O–H groups in total. The normalized spacial score (nSPS) is 10.0. The summed E-state index contributed by atoms with van der Waals surface area (Å²) in [6, 6.07) is 5.96. The summed E-state index contributed by atoms with van der Waals surface area (Å²) in [5.41, 5.74) is -0.450. The van der Waals surface area contributed by atoms with Gasteiger partial charge in [-0.15, -0.1) is 0 Å². The lowest BCUT2D eigenvalue weighted by Gasteiger charge is -2.08. The zero-order valence-corrected chi connectivity index (χ0v) is 11.9. The van der Waals surface area contributed by atoms with Gasteiger partial charge in [0.2, 0.25) is 0 Å². The smallest absolute Gasteiger partial charge is 0.377 e. The molecule has 0 bridgehead atoms. The van der Waals surface area contributed by atoms with Gasteiger partial charge in [0.05, 0.1) is 5.56 Å². The molecule has 1 heterocycles. The summed E-state index contributed by atoms with van der Waals surface area (Å²) in [6.07, 6.45) is 1.35. The predicted molar refractivity (Wildman–Crippen MR) is 76.1 cm³/mol. The molecule has 2 aromatic rings. The minimum atomic E-state index is -1.75. The molecule has 0 spiro atoms. The van der Waals surface area contributed by atoms with Gasteiger partial charge in [-0.1, -0.05) is 0 Å². The number of rotatable bonds is 5. The Hall–Kier alpha value is -3.29. The Morgan fingerprint density at radius 1 is 1.17 bits per heavy atom. The Morgan fingerprint density at radius 3 is 2.48 bits per heavy atom. The van der Waals surface area contributed by atoms with Gasteiger partial charge in [0.15, 0.2) is 0 Å². The second kappa shape index (κ2) is 6.65. The van der Waals surface area contributed by atoms with E-state index >= 15 is 0 Å². The molecule has 0 aliphatic heterocycles. The van der Waals surface area contributed by atoms with E-state index in [1.165, 1.54) is 31.4 Å². The molecule has 118 valence electrons. The van der Waals surface area contributed by atoms with Crippen LogP contribution in [0.3, 0.4) is 0 Å². The van der Waals surface area contributed by atoms with Gasteiger partial charge in [0.25, 0.3) is 11.7 Å². The van der Waals surface area contributed by atoms with Crippen molar-refractivity contribution in [3.8, 4) is 11.5 Å². The van der Waals surface area contributed by atoms with Crippen molar-refractivity contribution < 1.29 is 28.6 Å². The summed E-state index contributed by atoms with van der Waals surface area (Å²) in [4.78, 5) is 37.1. The fraction of sp³-hybridized carbons (Fsp3) is 0.0667. The third kappa shape index (κ3) is 3.67. The third-order valence-corrected chi connectivity index (χ3v) is 2.81. The third-order valence-electron chi connectivity index (χ3n) is 2.81. The first-order valence-corrected chi connectivity index (χ1v) is 6.35. The van der Waals surface area contributed by atoms with Crippen LogP contribution in [0.25, 0.3) is 0 Å². The van der Waals surface area contributed by atoms with E-state index in [1.807, 2.05) is 0 Å². The van der Waals surface area contributed by atoms with Gasteiger partial charge in [0, 0.05) is 25.4 Å². The summed E-state index contributed by atoms with van der Waals surface area (Å²) in [5.74, 6) is -4.25. The van der Waals surface area contributed by atoms with E-state index in [0.29, 0.717) is 0 Å². The summed E-state index contributed by atoms with van der Waals surface area (Å²) in [6.45, 7) is 0. The van der Waals surface area contributed by atoms with Crippen LogP contribution in [0.15, 0.2) is 36.5 Å². The first kappa shape index (κ1) is 16.1. The van der Waals surface area contributed by atoms with Crippen molar-refractivity contribution >= 4 is 17.7 Å². The molecule has 7 nitrogen and oxygen atoms in total. The highest BCUT2D eigenvalue weighted by Gasteiger charge is 2.19. The Balaban J connectivity index is 2.24. The molecule has 23 heavy (non-hydrogen) atoms. The Kier molecular flexibility index (Phi) is 4.65. The van der Waals surface area contributed by atoms with Crippen molar-refractivity contribution in [1.82, 2.24) is 10.3 Å². The molecular formula is C15H11FN2O5. The maximum Gasteiger partial charge on any atom is 0.377 e. The number of nitrogens with one attached hydrogen (secondary N) is 1. The van der Waals surface area contributed by atoms with Crippen LogP contribution in [0.5, 0.6) is 11.5 Å². The second-order valence-electron chi connectivity index (χ2n) is 4.33. The number of ether oxygens (including phenoxy) is 1. The molecule has 0 unspecified atom stereocenters. The molecule has 1 aromatic carbocycles. The molecule has 8 heteroatoms. The number of aliphatic carboxylic acids is 1. The number of pyridine rings is 1. The minimum Gasteiger partial charge on any atom is -0.475 e. The predicted octanol–water partition coefficient (Wildman–Crippen LogP) is 1.64. The van der Waals surface area contributed by atoms with E-state index in [2.05, 4.69) is 10.3 Å². The maximum absolute atomic E-state index is 13.8. The highest BCUT2D eigenvalue weighted by atomic mass is 19.1. The van der Waals surface area contributed by atoms with E-state index in [0.717, 1.165) is 12.1 Å². The van der Waals surface area contributed by atoms with Crippen molar-refractivity contribution in [2.24, 2.45) is 0 Å². The van der Waals surface area contributed by atoms with Crippen LogP contribution in [0.4, 0.5) is 4.39 Å². The molecule has 0 radical (unpaired) electrons. The fourth-order valence-corrected chi connectivity index (χ4v) is 1.72. The van der Waals surface area contributed by atoms with Crippen LogP contribution in [0.1, 0.15) is 20.8 Å². The number of carboxylic acid groups (broad SMARTS) is 1. The van der Waals surface area contributed by atoms with Gasteiger partial charge < -0.3 is 15.2 Å². The number of carbonyl (C=O) groups is 3. The quantitative estimate of drug-likeness (QED) is 0.641. The molecule has 0 saturated carbocycles. The molecule has 2 rings (SSSR count). The zero-order chi connectivity index (χ0) is 17.0. The number of carboxylic acids is 1. The van der Waals surface area contributed by atoms with Gasteiger partial charge in [-0.25, -0.2) is 9.18 Å². The molecule has 1 amide bonds. The van der Waals surface area contributed by atoms with Crippen LogP contribution >= 0.6 is 0 Å². The number of benzene rings is 1. The first-order chi connectivity index (χ1) is 10.9. The summed E-state index contributed by atoms with van der Waals surface area (Å²) < 4.78 is 19.2. The summed E-state index contributed by atoms with van der Waals surface area (Å²) >= 11 is 0. The first-order valence-electron chi connectivity index (χ1n) is 6.35. The number of nitrogens with zero attached hydrogens (tertiary/aromatic N) is 1. The lowest BCUT2D eigenvalue weighted by atomic mass is 10.1. The molecule has 0 aliphatic carbocycles. The highest BCUT2D eigenvalue weighted by Crippen LogP contribution is 2.24. The summed E-state index contributed by atoms with van der Waals surface area (Å²) in [5, 5.41) is 11.0. The zero-order valence-electron chi connectivity index (χ0n) is 11.9. The molecule has 0 saturated heterocycles. The van der Waals surface area contributed by atoms with Crippen molar-refractivity contribution in [2.75, 3.05) is 7.05 Å². The average molecular weight is 318 g/mol. The minimum absolute atomic E-state index is 0.0403. The molecule has 0 atom stereocenters. The van der Waals surface area contributed by atoms with E-state index in [1.54, 1.807) is 0 Å². The maximum atomic E-state index is 13.8. The lowest BCUT2D eigenvalue weighted by Crippen LogP contribution is -2.18. The second-order valence-corrected chi connectivity index (χ2v) is 4.33. The lowest BCUT2D eigenvalue weighted by molar-refractivity contribution is -0.131. The standard InChI is InChI=1S/C15H11FN2O5/c1-17-14(20)12-7-9(4-5-18-12)23-8-2-3-10(11(16)6-8)13(19)15(21)22/h2-7H,1H3,(H,17,20)(H,21,22). The molecule has 1 aromatic heterocycles. The highest BCUT2D eigenvalue weighted by molar-refractivity contribution is 6.39. The largest absolute Gasteiger partial charge is 0.475 e. The number of Topliss-reactive ketones (excluding diaryl/α,β-unsaturated/α-hetero) is 1. The van der Waals surface area contributed by atoms with E-state index in [9.17, 15) is 18.8 Å². The average Bonchev–Trinajstić information content (AvgIpc) is 2.53. The van der Waals surface area contributed by atoms with E-state index in [-0.39, 0.29) is 17.2 Å². The van der Waals surface area contributed by atoms with Gasteiger partial charge in [-0.05, 0) is 18.2 Å². The number of amides is 1. The van der Waals surface area contributed by atoms with Crippen molar-refractivity contribution in [3.63, 3.8) is 0 Å². The number of aromatic nitrogens is 1. The molecular weight excluding hydrogens is 307 g/mol. The number of hydrogen-bond donors (Lipinski definition) is 2. The van der Waals surface area contributed by atoms with Crippen LogP contribution in [0.2, 0.25) is 0 Å². The monoisotopic (exact) mass is 318 g/mol. The van der Waals surface area contributed by atoms with Gasteiger partial charge in [0.1, 0.15) is 23.0 Å². The number of hydrogen-bond acceptors (Lipinski definition) is 5. The molecule has 0 aliphatic rings. The van der Waals surface area contributed by atoms with Crippen LogP contribution in [0, 0.1) is 5.82 Å². The van der Waals surface area contributed by atoms with Gasteiger partial charge >= 0.3 is 5.97 Å². The SMILES string of the molecule is CNC(=O)c1cc(Oc2ccc(C(=O)C(=O)O)c(F)c2)ccn1. The Morgan fingerprint density at radius 2 is 1.87 bits per heavy atom.